The highest BCUT2D eigenvalue weighted by atomic mass is 31.2. The minimum atomic E-state index is -4.29. The van der Waals surface area contributed by atoms with Gasteiger partial charge in [-0.05, 0) is 89.9 Å². The van der Waals surface area contributed by atoms with Crippen LogP contribution in [0.4, 0.5) is 0 Å². The molecule has 0 rings (SSSR count). The third-order valence-corrected chi connectivity index (χ3v) is 13.1. The molecule has 0 fully saturated rings. The first-order valence-electron chi connectivity index (χ1n) is 29.0. The smallest absolute Gasteiger partial charge is 0.457 e. The van der Waals surface area contributed by atoms with Crippen LogP contribution < -0.4 is 0 Å². The highest BCUT2D eigenvalue weighted by Gasteiger charge is 2.26. The lowest BCUT2D eigenvalue weighted by molar-refractivity contribution is -0.870. The number of rotatable bonds is 53. The van der Waals surface area contributed by atoms with Crippen molar-refractivity contribution in [2.24, 2.45) is 0 Å². The molecule has 0 radical (unpaired) electrons. The van der Waals surface area contributed by atoms with Crippen LogP contribution in [0.15, 0.2) is 97.2 Å². The van der Waals surface area contributed by atoms with Gasteiger partial charge in [-0.3, -0.25) is 13.8 Å². The number of phosphoric ester groups is 1. The second-order valence-electron chi connectivity index (χ2n) is 20.3. The second-order valence-corrected chi connectivity index (χ2v) is 21.7. The van der Waals surface area contributed by atoms with Gasteiger partial charge in [-0.1, -0.05) is 233 Å². The minimum absolute atomic E-state index is 0.0835. The van der Waals surface area contributed by atoms with E-state index in [4.69, 9.17) is 18.5 Å². The van der Waals surface area contributed by atoms with Crippen LogP contribution in [0.2, 0.25) is 0 Å². The van der Waals surface area contributed by atoms with Crippen molar-refractivity contribution in [3.8, 4) is 0 Å². The Hall–Kier alpha value is -2.58. The molecule has 0 spiro atoms. The molecule has 0 heterocycles. The van der Waals surface area contributed by atoms with E-state index in [0.29, 0.717) is 24.1 Å². The Morgan fingerprint density at radius 1 is 0.437 bits per heavy atom. The third kappa shape index (κ3) is 58.2. The Balaban J connectivity index is 4.09. The topological polar surface area (TPSA) is 91.3 Å². The molecule has 0 aliphatic rings. The van der Waals surface area contributed by atoms with Crippen LogP contribution in [0, 0.1) is 0 Å². The van der Waals surface area contributed by atoms with E-state index < -0.39 is 13.9 Å². The fraction of sp³-hybridized carbons (Fsp3) is 0.726. The summed E-state index contributed by atoms with van der Waals surface area (Å²) in [6, 6.07) is 0. The lowest BCUT2D eigenvalue weighted by Crippen LogP contribution is -2.37. The standard InChI is InChI=1S/C62H110NO7P/c1-6-8-10-12-14-16-18-20-22-24-26-28-30-32-33-35-37-39-41-43-45-47-49-51-53-55-62(64)70-61(60-69-71(65,66)68-58-56-63(3,4)5)59-67-57-54-52-50-48-46-44-42-40-38-36-34-31-29-27-25-23-21-19-17-15-13-11-9-7-2/h8-11,14-17,20-23,26-29,61H,6-7,12-13,18-19,24-25,30-60H2,1-5H3/p+1/b10-8-,11-9-,16-14-,17-15-,22-20-,23-21-,28-26-,29-27-. The van der Waals surface area contributed by atoms with Gasteiger partial charge in [0.15, 0.2) is 0 Å². The summed E-state index contributed by atoms with van der Waals surface area (Å²) in [6.45, 7) is 5.40. The largest absolute Gasteiger partial charge is 0.472 e. The molecule has 410 valence electrons. The van der Waals surface area contributed by atoms with Crippen LogP contribution in [0.1, 0.15) is 232 Å². The molecule has 2 unspecified atom stereocenters. The van der Waals surface area contributed by atoms with E-state index in [1.54, 1.807) is 0 Å². The molecule has 2 atom stereocenters. The van der Waals surface area contributed by atoms with Crippen molar-refractivity contribution in [3.63, 3.8) is 0 Å². The summed E-state index contributed by atoms with van der Waals surface area (Å²) in [6.07, 6.45) is 74.7. The number of phosphoric acid groups is 1. The molecule has 0 saturated heterocycles. The van der Waals surface area contributed by atoms with Crippen molar-refractivity contribution >= 4 is 13.8 Å². The Labute approximate surface area is 438 Å². The fourth-order valence-corrected chi connectivity index (χ4v) is 8.51. The maximum Gasteiger partial charge on any atom is 0.472 e. The summed E-state index contributed by atoms with van der Waals surface area (Å²) < 4.78 is 35.3. The molecular weight excluding hydrogens is 902 g/mol. The molecule has 1 N–H and O–H groups in total. The van der Waals surface area contributed by atoms with Crippen LogP contribution in [0.3, 0.4) is 0 Å². The molecule has 9 heteroatoms. The zero-order valence-corrected chi connectivity index (χ0v) is 47.6. The molecule has 0 aliphatic heterocycles. The highest BCUT2D eigenvalue weighted by molar-refractivity contribution is 7.47. The van der Waals surface area contributed by atoms with E-state index in [2.05, 4.69) is 111 Å². The number of allylic oxidation sites excluding steroid dienone is 16. The van der Waals surface area contributed by atoms with Crippen LogP contribution in [0.5, 0.6) is 0 Å². The summed E-state index contributed by atoms with van der Waals surface area (Å²) in [7, 11) is 1.66. The Morgan fingerprint density at radius 2 is 0.775 bits per heavy atom. The van der Waals surface area contributed by atoms with E-state index in [9.17, 15) is 14.3 Å². The molecule has 0 amide bonds. The van der Waals surface area contributed by atoms with Gasteiger partial charge >= 0.3 is 13.8 Å². The number of hydrogen-bond donors (Lipinski definition) is 1. The number of hydrogen-bond acceptors (Lipinski definition) is 6. The Morgan fingerprint density at radius 3 is 1.15 bits per heavy atom. The number of nitrogens with zero attached hydrogens (tertiary/aromatic N) is 1. The lowest BCUT2D eigenvalue weighted by Gasteiger charge is -2.24. The van der Waals surface area contributed by atoms with Crippen LogP contribution in [-0.2, 0) is 27.9 Å². The quantitative estimate of drug-likeness (QED) is 0.0213. The van der Waals surface area contributed by atoms with Crippen molar-refractivity contribution in [2.45, 2.75) is 238 Å². The molecular formula is C62H111NO7P+. The summed E-state index contributed by atoms with van der Waals surface area (Å²) in [5.41, 5.74) is 0. The van der Waals surface area contributed by atoms with E-state index in [0.717, 1.165) is 83.5 Å². The van der Waals surface area contributed by atoms with Gasteiger partial charge in [-0.25, -0.2) is 4.57 Å². The van der Waals surface area contributed by atoms with E-state index >= 15 is 0 Å². The number of likely N-dealkylation sites (N-methyl/N-ethyl adjacent to an activating group) is 1. The van der Waals surface area contributed by atoms with Crippen molar-refractivity contribution in [1.82, 2.24) is 0 Å². The number of ether oxygens (including phenoxy) is 2. The molecule has 0 bridgehead atoms. The third-order valence-electron chi connectivity index (χ3n) is 12.1. The fourth-order valence-electron chi connectivity index (χ4n) is 7.77. The van der Waals surface area contributed by atoms with Gasteiger partial charge in [0.25, 0.3) is 0 Å². The predicted octanol–water partition coefficient (Wildman–Crippen LogP) is 18.5. The highest BCUT2D eigenvalue weighted by Crippen LogP contribution is 2.43. The lowest BCUT2D eigenvalue weighted by atomic mass is 10.0. The van der Waals surface area contributed by atoms with Crippen LogP contribution in [-0.4, -0.2) is 75.6 Å². The van der Waals surface area contributed by atoms with Gasteiger partial charge in [0.1, 0.15) is 19.3 Å². The van der Waals surface area contributed by atoms with Crippen molar-refractivity contribution in [3.05, 3.63) is 97.2 Å². The molecule has 71 heavy (non-hydrogen) atoms. The maximum absolute atomic E-state index is 12.8. The maximum atomic E-state index is 12.8. The average molecular weight is 1010 g/mol. The Bertz CT molecular complexity index is 1460. The average Bonchev–Trinajstić information content (AvgIpc) is 3.33. The first-order chi connectivity index (χ1) is 34.6. The first-order valence-corrected chi connectivity index (χ1v) is 30.5. The van der Waals surface area contributed by atoms with Crippen LogP contribution in [0.25, 0.3) is 0 Å². The van der Waals surface area contributed by atoms with Gasteiger partial charge in [0.2, 0.25) is 0 Å². The molecule has 0 aromatic carbocycles. The normalized spacial score (nSPS) is 14.2. The molecule has 0 aromatic heterocycles. The molecule has 0 aliphatic carbocycles. The second kappa shape index (κ2) is 53.7. The van der Waals surface area contributed by atoms with Crippen LogP contribution >= 0.6 is 7.82 Å². The SMILES string of the molecule is CC/C=C\C/C=C\C/C=C\C/C=C\CCCCCCCCCCCCCCC(=O)OC(COCCCCCCCCCCCCC/C=C\C/C=C\C/C=C\C/C=C\CC)COP(=O)(O)OCC[N+](C)(C)C. The first kappa shape index (κ1) is 68.4. The predicted molar refractivity (Wildman–Crippen MR) is 307 cm³/mol. The Kier molecular flexibility index (Phi) is 51.8. The van der Waals surface area contributed by atoms with Crippen molar-refractivity contribution in [1.29, 1.82) is 0 Å². The van der Waals surface area contributed by atoms with Gasteiger partial charge < -0.3 is 18.9 Å². The van der Waals surface area contributed by atoms with Gasteiger partial charge in [0, 0.05) is 13.0 Å². The van der Waals surface area contributed by atoms with Gasteiger partial charge in [-0.15, -0.1) is 0 Å². The van der Waals surface area contributed by atoms with Gasteiger partial charge in [-0.2, -0.15) is 0 Å². The van der Waals surface area contributed by atoms with E-state index in [1.165, 1.54) is 128 Å². The number of unbranched alkanes of at least 4 members (excludes halogenated alkanes) is 23. The number of quaternary nitrogens is 1. The number of esters is 1. The van der Waals surface area contributed by atoms with Gasteiger partial charge in [0.05, 0.1) is 34.4 Å². The number of carbonyl (C=O) groups excluding carboxylic acids is 1. The summed E-state index contributed by atoms with van der Waals surface area (Å²) in [5, 5.41) is 0. The monoisotopic (exact) mass is 1010 g/mol. The van der Waals surface area contributed by atoms with E-state index in [1.807, 2.05) is 21.1 Å². The molecule has 0 aromatic rings. The van der Waals surface area contributed by atoms with E-state index in [-0.39, 0.29) is 25.8 Å². The zero-order chi connectivity index (χ0) is 51.9. The number of carbonyl (C=O) groups is 1. The van der Waals surface area contributed by atoms with Crippen molar-refractivity contribution in [2.75, 3.05) is 54.1 Å². The molecule has 0 saturated carbocycles. The summed E-state index contributed by atoms with van der Waals surface area (Å²) >= 11 is 0. The summed E-state index contributed by atoms with van der Waals surface area (Å²) in [5.74, 6) is -0.318. The van der Waals surface area contributed by atoms with Crippen molar-refractivity contribution < 1.29 is 37.3 Å². The minimum Gasteiger partial charge on any atom is -0.457 e. The zero-order valence-electron chi connectivity index (χ0n) is 46.7. The molecule has 8 nitrogen and oxygen atoms in total. The summed E-state index contributed by atoms with van der Waals surface area (Å²) in [4.78, 5) is 23.1.